The second kappa shape index (κ2) is 5.11. The van der Waals surface area contributed by atoms with E-state index < -0.39 is 24.1 Å². The van der Waals surface area contributed by atoms with E-state index in [9.17, 15) is 9.18 Å². The number of carbonyl (C=O) groups excluding carboxylic acids is 1. The van der Waals surface area contributed by atoms with Gasteiger partial charge in [0.2, 0.25) is 5.91 Å². The Bertz CT molecular complexity index is 571. The molecule has 0 bridgehead atoms. The highest BCUT2D eigenvalue weighted by molar-refractivity contribution is 6.62. The first-order valence-electron chi connectivity index (χ1n) is 6.97. The Labute approximate surface area is 125 Å². The van der Waals surface area contributed by atoms with E-state index >= 15 is 0 Å². The molecule has 1 N–H and O–H groups in total. The van der Waals surface area contributed by atoms with E-state index in [0.29, 0.717) is 5.56 Å². The predicted octanol–water partition coefficient (Wildman–Crippen LogP) is 2.39. The molecule has 4 nitrogen and oxygen atoms in total. The number of halogens is 1. The molecular formula is C15H21BFNO3. The summed E-state index contributed by atoms with van der Waals surface area (Å²) in [5.74, 6) is -0.786. The highest BCUT2D eigenvalue weighted by Gasteiger charge is 2.52. The quantitative estimate of drug-likeness (QED) is 0.852. The second-order valence-electron chi connectivity index (χ2n) is 6.41. The number of anilines is 1. The van der Waals surface area contributed by atoms with E-state index in [4.69, 9.17) is 9.31 Å². The Morgan fingerprint density at radius 2 is 1.71 bits per heavy atom. The van der Waals surface area contributed by atoms with Gasteiger partial charge in [-0.15, -0.1) is 0 Å². The molecule has 1 aromatic carbocycles. The van der Waals surface area contributed by atoms with Gasteiger partial charge in [0.05, 0.1) is 16.9 Å². The van der Waals surface area contributed by atoms with Crippen molar-refractivity contribution >= 4 is 24.2 Å². The van der Waals surface area contributed by atoms with E-state index in [1.165, 1.54) is 13.0 Å². The minimum absolute atomic E-state index is 0.176. The Morgan fingerprint density at radius 3 is 2.19 bits per heavy atom. The first kappa shape index (κ1) is 16.0. The minimum Gasteiger partial charge on any atom is -0.399 e. The molecule has 0 spiro atoms. The van der Waals surface area contributed by atoms with Gasteiger partial charge in [-0.2, -0.15) is 0 Å². The van der Waals surface area contributed by atoms with E-state index in [1.54, 1.807) is 13.0 Å². The molecule has 0 radical (unpaired) electrons. The largest absolute Gasteiger partial charge is 0.495 e. The van der Waals surface area contributed by atoms with Crippen LogP contribution in [0.1, 0.15) is 40.2 Å². The van der Waals surface area contributed by atoms with Crippen LogP contribution in [0, 0.1) is 12.7 Å². The summed E-state index contributed by atoms with van der Waals surface area (Å²) in [6, 6.07) is 2.96. The van der Waals surface area contributed by atoms with Crippen LogP contribution in [0.2, 0.25) is 0 Å². The van der Waals surface area contributed by atoms with Crippen LogP contribution in [0.4, 0.5) is 10.1 Å². The lowest BCUT2D eigenvalue weighted by molar-refractivity contribution is -0.114. The molecule has 1 amide bonds. The summed E-state index contributed by atoms with van der Waals surface area (Å²) in [6.07, 6.45) is 0. The van der Waals surface area contributed by atoms with Crippen molar-refractivity contribution in [3.05, 3.63) is 23.5 Å². The van der Waals surface area contributed by atoms with E-state index in [1.807, 2.05) is 27.7 Å². The predicted molar refractivity (Wildman–Crippen MR) is 81.2 cm³/mol. The average molecular weight is 293 g/mol. The average Bonchev–Trinajstić information content (AvgIpc) is 2.53. The third-order valence-electron chi connectivity index (χ3n) is 4.26. The molecule has 0 aliphatic carbocycles. The first-order valence-corrected chi connectivity index (χ1v) is 6.97. The highest BCUT2D eigenvalue weighted by Crippen LogP contribution is 2.37. The molecule has 0 atom stereocenters. The van der Waals surface area contributed by atoms with Crippen LogP contribution in [0.5, 0.6) is 0 Å². The first-order chi connectivity index (χ1) is 9.55. The van der Waals surface area contributed by atoms with Crippen molar-refractivity contribution in [2.24, 2.45) is 0 Å². The molecule has 1 aliphatic heterocycles. The number of nitrogens with one attached hydrogen (secondary N) is 1. The van der Waals surface area contributed by atoms with E-state index in [2.05, 4.69) is 5.32 Å². The summed E-state index contributed by atoms with van der Waals surface area (Å²) in [6.45, 7) is 10.9. The van der Waals surface area contributed by atoms with Crippen molar-refractivity contribution in [1.82, 2.24) is 0 Å². The van der Waals surface area contributed by atoms with Gasteiger partial charge in [-0.3, -0.25) is 4.79 Å². The molecule has 0 aromatic heterocycles. The van der Waals surface area contributed by atoms with Gasteiger partial charge in [0, 0.05) is 6.92 Å². The Kier molecular flexibility index (Phi) is 3.89. The molecule has 0 saturated carbocycles. The maximum Gasteiger partial charge on any atom is 0.495 e. The fraction of sp³-hybridized carbons (Fsp3) is 0.533. The van der Waals surface area contributed by atoms with Crippen LogP contribution in [0.3, 0.4) is 0 Å². The summed E-state index contributed by atoms with van der Waals surface area (Å²) in [5, 5.41) is 2.52. The van der Waals surface area contributed by atoms with Gasteiger partial charge in [-0.1, -0.05) is 6.07 Å². The number of hydrogen-bond acceptors (Lipinski definition) is 3. The number of carbonyl (C=O) groups is 1. The Balaban J connectivity index is 2.41. The molecule has 1 saturated heterocycles. The zero-order valence-electron chi connectivity index (χ0n) is 13.3. The van der Waals surface area contributed by atoms with Gasteiger partial charge >= 0.3 is 7.12 Å². The molecule has 6 heteroatoms. The number of rotatable bonds is 2. The molecule has 2 rings (SSSR count). The van der Waals surface area contributed by atoms with Gasteiger partial charge in [-0.25, -0.2) is 4.39 Å². The van der Waals surface area contributed by atoms with Crippen LogP contribution in [0.25, 0.3) is 0 Å². The third kappa shape index (κ3) is 2.83. The number of hydrogen-bond donors (Lipinski definition) is 1. The molecule has 1 fully saturated rings. The van der Waals surface area contributed by atoms with Crippen LogP contribution >= 0.6 is 0 Å². The lowest BCUT2D eigenvalue weighted by Gasteiger charge is -2.32. The second-order valence-corrected chi connectivity index (χ2v) is 6.41. The van der Waals surface area contributed by atoms with Crippen LogP contribution in [-0.2, 0) is 14.1 Å². The Hall–Kier alpha value is -1.40. The summed E-state index contributed by atoms with van der Waals surface area (Å²) in [4.78, 5) is 11.2. The van der Waals surface area contributed by atoms with Crippen molar-refractivity contribution in [3.63, 3.8) is 0 Å². The van der Waals surface area contributed by atoms with Crippen molar-refractivity contribution in [2.75, 3.05) is 5.32 Å². The van der Waals surface area contributed by atoms with Crippen molar-refractivity contribution in [3.8, 4) is 0 Å². The lowest BCUT2D eigenvalue weighted by atomic mass is 9.75. The molecule has 114 valence electrons. The topological polar surface area (TPSA) is 47.6 Å². The SMILES string of the molecule is CC(=O)Nc1c(F)ccc(B2OC(C)(C)C(C)(C)O2)c1C. The summed E-state index contributed by atoms with van der Waals surface area (Å²) < 4.78 is 25.8. The summed E-state index contributed by atoms with van der Waals surface area (Å²) in [5.41, 5.74) is 0.580. The van der Waals surface area contributed by atoms with Gasteiger partial charge in [0.25, 0.3) is 0 Å². The normalized spacial score (nSPS) is 19.7. The summed E-state index contributed by atoms with van der Waals surface area (Å²) in [7, 11) is -0.580. The number of amides is 1. The van der Waals surface area contributed by atoms with E-state index in [0.717, 1.165) is 5.46 Å². The maximum atomic E-state index is 13.9. The van der Waals surface area contributed by atoms with Gasteiger partial charge < -0.3 is 14.6 Å². The highest BCUT2D eigenvalue weighted by atomic mass is 19.1. The van der Waals surface area contributed by atoms with Crippen molar-refractivity contribution in [2.45, 2.75) is 52.7 Å². The number of benzene rings is 1. The van der Waals surface area contributed by atoms with Crippen molar-refractivity contribution < 1.29 is 18.5 Å². The van der Waals surface area contributed by atoms with E-state index in [-0.39, 0.29) is 11.6 Å². The molecule has 0 unspecified atom stereocenters. The van der Waals surface area contributed by atoms with Gasteiger partial charge in [0.15, 0.2) is 0 Å². The zero-order chi connectivity index (χ0) is 16.0. The molecular weight excluding hydrogens is 272 g/mol. The van der Waals surface area contributed by atoms with Crippen LogP contribution in [0.15, 0.2) is 12.1 Å². The Morgan fingerprint density at radius 1 is 1.19 bits per heavy atom. The van der Waals surface area contributed by atoms with Crippen LogP contribution < -0.4 is 10.8 Å². The smallest absolute Gasteiger partial charge is 0.399 e. The maximum absolute atomic E-state index is 13.9. The molecule has 1 aliphatic rings. The van der Waals surface area contributed by atoms with Crippen LogP contribution in [-0.4, -0.2) is 24.2 Å². The third-order valence-corrected chi connectivity index (χ3v) is 4.26. The molecule has 1 aromatic rings. The summed E-state index contributed by atoms with van der Waals surface area (Å²) >= 11 is 0. The fourth-order valence-corrected chi connectivity index (χ4v) is 2.25. The van der Waals surface area contributed by atoms with Crippen molar-refractivity contribution in [1.29, 1.82) is 0 Å². The zero-order valence-corrected chi connectivity index (χ0v) is 13.3. The van der Waals surface area contributed by atoms with Gasteiger partial charge in [0.1, 0.15) is 5.82 Å². The molecule has 21 heavy (non-hydrogen) atoms. The molecule has 1 heterocycles. The minimum atomic E-state index is -0.580. The lowest BCUT2D eigenvalue weighted by Crippen LogP contribution is -2.41. The standard InChI is InChI=1S/C15H21BFNO3/c1-9-11(7-8-12(17)13(9)18-10(2)19)16-20-14(3,4)15(5,6)21-16/h7-8H,1-6H3,(H,18,19). The monoisotopic (exact) mass is 293 g/mol. The van der Waals surface area contributed by atoms with Gasteiger partial charge in [-0.05, 0) is 51.7 Å². The fourth-order valence-electron chi connectivity index (χ4n) is 2.25.